The lowest BCUT2D eigenvalue weighted by atomic mass is 10.1. The highest BCUT2D eigenvalue weighted by atomic mass is 16.2. The number of tetrazole rings is 1. The third-order valence-electron chi connectivity index (χ3n) is 2.81. The largest absolute Gasteiger partial charge is 0.339 e. The van der Waals surface area contributed by atoms with Crippen molar-refractivity contribution in [3.8, 4) is 0 Å². The van der Waals surface area contributed by atoms with Crippen LogP contribution in [-0.2, 0) is 11.2 Å². The number of amides is 1. The second kappa shape index (κ2) is 5.69. The average molecular weight is 239 g/mol. The molecular formula is C9H17N7O. The number of rotatable bonds is 4. The molecule has 0 radical (unpaired) electrons. The lowest BCUT2D eigenvalue weighted by Gasteiger charge is -2.29. The molecule has 94 valence electrons. The van der Waals surface area contributed by atoms with Crippen LogP contribution in [0.25, 0.3) is 0 Å². The molecule has 2 heterocycles. The fourth-order valence-electron chi connectivity index (χ4n) is 1.82. The van der Waals surface area contributed by atoms with E-state index in [1.165, 1.54) is 0 Å². The SMILES string of the molecule is N[C@@H](CCc1nn[nH]n1)C(=O)N1CCNCC1. The van der Waals surface area contributed by atoms with E-state index < -0.39 is 6.04 Å². The molecule has 0 unspecified atom stereocenters. The molecule has 2 rings (SSSR count). The first kappa shape index (κ1) is 11.9. The van der Waals surface area contributed by atoms with Gasteiger partial charge in [-0.2, -0.15) is 5.21 Å². The van der Waals surface area contributed by atoms with E-state index in [1.54, 1.807) is 4.90 Å². The zero-order chi connectivity index (χ0) is 12.1. The van der Waals surface area contributed by atoms with Crippen molar-refractivity contribution in [3.05, 3.63) is 5.82 Å². The number of aryl methyl sites for hydroxylation is 1. The molecule has 0 bridgehead atoms. The van der Waals surface area contributed by atoms with Crippen LogP contribution < -0.4 is 11.1 Å². The molecular weight excluding hydrogens is 222 g/mol. The Bertz CT molecular complexity index is 346. The first-order chi connectivity index (χ1) is 8.27. The Balaban J connectivity index is 1.78. The lowest BCUT2D eigenvalue weighted by Crippen LogP contribution is -2.51. The number of carbonyl (C=O) groups is 1. The summed E-state index contributed by atoms with van der Waals surface area (Å²) in [5.41, 5.74) is 5.87. The summed E-state index contributed by atoms with van der Waals surface area (Å²) in [7, 11) is 0. The third kappa shape index (κ3) is 3.21. The van der Waals surface area contributed by atoms with E-state index in [4.69, 9.17) is 5.73 Å². The predicted octanol–water partition coefficient (Wildman–Crippen LogP) is -2.11. The van der Waals surface area contributed by atoms with Gasteiger partial charge < -0.3 is 16.0 Å². The van der Waals surface area contributed by atoms with Gasteiger partial charge in [-0.3, -0.25) is 4.79 Å². The number of H-pyrrole nitrogens is 1. The smallest absolute Gasteiger partial charge is 0.239 e. The Morgan fingerprint density at radius 1 is 1.47 bits per heavy atom. The number of piperazine rings is 1. The van der Waals surface area contributed by atoms with Gasteiger partial charge in [0, 0.05) is 32.6 Å². The summed E-state index contributed by atoms with van der Waals surface area (Å²) in [5, 5.41) is 16.7. The lowest BCUT2D eigenvalue weighted by molar-refractivity contribution is -0.133. The molecule has 1 saturated heterocycles. The van der Waals surface area contributed by atoms with Gasteiger partial charge in [0.25, 0.3) is 0 Å². The van der Waals surface area contributed by atoms with Gasteiger partial charge in [0.05, 0.1) is 6.04 Å². The molecule has 4 N–H and O–H groups in total. The van der Waals surface area contributed by atoms with E-state index in [2.05, 4.69) is 25.9 Å². The number of nitrogens with two attached hydrogens (primary N) is 1. The zero-order valence-electron chi connectivity index (χ0n) is 9.59. The summed E-state index contributed by atoms with van der Waals surface area (Å²) in [4.78, 5) is 13.8. The number of aromatic nitrogens is 4. The molecule has 0 aromatic carbocycles. The Morgan fingerprint density at radius 3 is 2.88 bits per heavy atom. The molecule has 0 aliphatic carbocycles. The Kier molecular flexibility index (Phi) is 3.99. The summed E-state index contributed by atoms with van der Waals surface area (Å²) < 4.78 is 0. The summed E-state index contributed by atoms with van der Waals surface area (Å²) in [6.07, 6.45) is 1.11. The van der Waals surface area contributed by atoms with Crippen LogP contribution in [0, 0.1) is 0 Å². The summed E-state index contributed by atoms with van der Waals surface area (Å²) in [6, 6.07) is -0.480. The predicted molar refractivity (Wildman–Crippen MR) is 59.9 cm³/mol. The number of hydrogen-bond donors (Lipinski definition) is 3. The minimum atomic E-state index is -0.480. The molecule has 0 saturated carbocycles. The van der Waals surface area contributed by atoms with Crippen molar-refractivity contribution in [3.63, 3.8) is 0 Å². The van der Waals surface area contributed by atoms with Crippen molar-refractivity contribution in [2.75, 3.05) is 26.2 Å². The molecule has 1 amide bonds. The molecule has 0 spiro atoms. The molecule has 1 aliphatic heterocycles. The van der Waals surface area contributed by atoms with Crippen LogP contribution >= 0.6 is 0 Å². The first-order valence-corrected chi connectivity index (χ1v) is 5.75. The van der Waals surface area contributed by atoms with Gasteiger partial charge in [0.2, 0.25) is 5.91 Å². The molecule has 1 fully saturated rings. The minimum Gasteiger partial charge on any atom is -0.339 e. The van der Waals surface area contributed by atoms with Crippen molar-refractivity contribution < 1.29 is 4.79 Å². The van der Waals surface area contributed by atoms with E-state index in [0.717, 1.165) is 26.2 Å². The second-order valence-electron chi connectivity index (χ2n) is 4.05. The average Bonchev–Trinajstić information content (AvgIpc) is 2.89. The van der Waals surface area contributed by atoms with E-state index in [-0.39, 0.29) is 5.91 Å². The minimum absolute atomic E-state index is 0.00925. The standard InChI is InChI=1S/C9H17N7O/c10-7(1-2-8-12-14-15-13-8)9(17)16-5-3-11-4-6-16/h7,11H,1-6,10H2,(H,12,13,14,15)/t7-/m0/s1. The van der Waals surface area contributed by atoms with Gasteiger partial charge in [-0.1, -0.05) is 5.21 Å². The molecule has 1 aromatic rings. The number of aromatic amines is 1. The van der Waals surface area contributed by atoms with E-state index in [0.29, 0.717) is 18.7 Å². The van der Waals surface area contributed by atoms with Crippen molar-refractivity contribution in [2.24, 2.45) is 5.73 Å². The highest BCUT2D eigenvalue weighted by molar-refractivity contribution is 5.81. The van der Waals surface area contributed by atoms with Crippen molar-refractivity contribution in [2.45, 2.75) is 18.9 Å². The van der Waals surface area contributed by atoms with Crippen LogP contribution in [0.15, 0.2) is 0 Å². The Labute approximate surface area is 98.9 Å². The molecule has 8 heteroatoms. The van der Waals surface area contributed by atoms with Crippen LogP contribution in [0.2, 0.25) is 0 Å². The van der Waals surface area contributed by atoms with Crippen molar-refractivity contribution in [1.82, 2.24) is 30.8 Å². The van der Waals surface area contributed by atoms with Gasteiger partial charge in [-0.25, -0.2) is 0 Å². The summed E-state index contributed by atoms with van der Waals surface area (Å²) >= 11 is 0. The number of hydrogen-bond acceptors (Lipinski definition) is 6. The van der Waals surface area contributed by atoms with E-state index in [1.807, 2.05) is 0 Å². The maximum absolute atomic E-state index is 12.0. The van der Waals surface area contributed by atoms with Crippen LogP contribution in [0.4, 0.5) is 0 Å². The summed E-state index contributed by atoms with van der Waals surface area (Å²) in [6.45, 7) is 3.14. The van der Waals surface area contributed by atoms with Crippen LogP contribution in [0.1, 0.15) is 12.2 Å². The first-order valence-electron chi connectivity index (χ1n) is 5.75. The highest BCUT2D eigenvalue weighted by Crippen LogP contribution is 2.02. The van der Waals surface area contributed by atoms with Gasteiger partial charge in [-0.15, -0.1) is 10.2 Å². The topological polar surface area (TPSA) is 113 Å². The number of nitrogens with zero attached hydrogens (tertiary/aromatic N) is 4. The Morgan fingerprint density at radius 2 is 2.24 bits per heavy atom. The molecule has 8 nitrogen and oxygen atoms in total. The monoisotopic (exact) mass is 239 g/mol. The van der Waals surface area contributed by atoms with Crippen LogP contribution in [0.3, 0.4) is 0 Å². The van der Waals surface area contributed by atoms with Crippen molar-refractivity contribution >= 4 is 5.91 Å². The maximum Gasteiger partial charge on any atom is 0.239 e. The molecule has 1 atom stereocenters. The molecule has 1 aromatic heterocycles. The van der Waals surface area contributed by atoms with Gasteiger partial charge >= 0.3 is 0 Å². The van der Waals surface area contributed by atoms with Gasteiger partial charge in [-0.05, 0) is 6.42 Å². The normalized spacial score (nSPS) is 18.1. The number of carbonyl (C=O) groups excluding carboxylic acids is 1. The second-order valence-corrected chi connectivity index (χ2v) is 4.05. The van der Waals surface area contributed by atoms with E-state index >= 15 is 0 Å². The maximum atomic E-state index is 12.0. The third-order valence-corrected chi connectivity index (χ3v) is 2.81. The van der Waals surface area contributed by atoms with Gasteiger partial charge in [0.1, 0.15) is 0 Å². The fraction of sp³-hybridized carbons (Fsp3) is 0.778. The highest BCUT2D eigenvalue weighted by Gasteiger charge is 2.22. The number of nitrogens with one attached hydrogen (secondary N) is 2. The molecule has 1 aliphatic rings. The zero-order valence-corrected chi connectivity index (χ0v) is 9.59. The van der Waals surface area contributed by atoms with E-state index in [9.17, 15) is 4.79 Å². The fourth-order valence-corrected chi connectivity index (χ4v) is 1.82. The van der Waals surface area contributed by atoms with Crippen LogP contribution in [-0.4, -0.2) is 63.7 Å². The Hall–Kier alpha value is -1.54. The quantitative estimate of drug-likeness (QED) is 0.554. The van der Waals surface area contributed by atoms with Crippen LogP contribution in [0.5, 0.6) is 0 Å². The van der Waals surface area contributed by atoms with Gasteiger partial charge in [0.15, 0.2) is 5.82 Å². The molecule has 17 heavy (non-hydrogen) atoms. The summed E-state index contributed by atoms with van der Waals surface area (Å²) in [5.74, 6) is 0.601. The van der Waals surface area contributed by atoms with Crippen molar-refractivity contribution in [1.29, 1.82) is 0 Å².